The maximum atomic E-state index is 5.38. The van der Waals surface area contributed by atoms with Crippen molar-refractivity contribution in [2.45, 2.75) is 25.7 Å². The maximum absolute atomic E-state index is 5.38. The molecule has 0 fully saturated rings. The SMILES string of the molecule is Br.NCCCNCCCCNCCCN. The Labute approximate surface area is 104 Å². The molecule has 0 bridgehead atoms. The van der Waals surface area contributed by atoms with Crippen molar-refractivity contribution in [3.8, 4) is 0 Å². The van der Waals surface area contributed by atoms with E-state index in [-0.39, 0.29) is 17.0 Å². The molecule has 0 aliphatic heterocycles. The fourth-order valence-electron chi connectivity index (χ4n) is 1.20. The third-order valence-electron chi connectivity index (χ3n) is 2.07. The van der Waals surface area contributed by atoms with Gasteiger partial charge in [-0.25, -0.2) is 0 Å². The van der Waals surface area contributed by atoms with Gasteiger partial charge in [0.2, 0.25) is 0 Å². The highest BCUT2D eigenvalue weighted by atomic mass is 79.9. The average Bonchev–Trinajstić information content (AvgIpc) is 2.21. The van der Waals surface area contributed by atoms with Gasteiger partial charge in [0.25, 0.3) is 0 Å². The quantitative estimate of drug-likeness (QED) is 0.409. The second-order valence-electron chi connectivity index (χ2n) is 3.49. The number of nitrogens with two attached hydrogens (primary N) is 2. The zero-order chi connectivity index (χ0) is 10.5. The number of unbranched alkanes of at least 4 members (excludes halogenated alkanes) is 1. The first-order valence-electron chi connectivity index (χ1n) is 5.73. The number of hydrogen-bond acceptors (Lipinski definition) is 4. The molecule has 0 aromatic rings. The topological polar surface area (TPSA) is 76.1 Å². The van der Waals surface area contributed by atoms with E-state index in [4.69, 9.17) is 11.5 Å². The Morgan fingerprint density at radius 1 is 0.600 bits per heavy atom. The van der Waals surface area contributed by atoms with Gasteiger partial charge in [-0.3, -0.25) is 0 Å². The van der Waals surface area contributed by atoms with Gasteiger partial charge in [0.15, 0.2) is 0 Å². The highest BCUT2D eigenvalue weighted by molar-refractivity contribution is 8.93. The molecule has 0 aliphatic rings. The molecule has 6 N–H and O–H groups in total. The first-order valence-corrected chi connectivity index (χ1v) is 5.73. The Hall–Kier alpha value is 0.320. The van der Waals surface area contributed by atoms with Gasteiger partial charge in [0.05, 0.1) is 0 Å². The Balaban J connectivity index is 0. The van der Waals surface area contributed by atoms with Crippen LogP contribution in [0.5, 0.6) is 0 Å². The van der Waals surface area contributed by atoms with E-state index in [9.17, 15) is 0 Å². The molecule has 4 nitrogen and oxygen atoms in total. The summed E-state index contributed by atoms with van der Waals surface area (Å²) in [6.45, 7) is 5.90. The monoisotopic (exact) mass is 282 g/mol. The summed E-state index contributed by atoms with van der Waals surface area (Å²) in [5, 5.41) is 6.72. The van der Waals surface area contributed by atoms with Gasteiger partial charge in [-0.2, -0.15) is 0 Å². The lowest BCUT2D eigenvalue weighted by Crippen LogP contribution is -2.22. The maximum Gasteiger partial charge on any atom is -0.00369 e. The van der Waals surface area contributed by atoms with Crippen LogP contribution >= 0.6 is 17.0 Å². The van der Waals surface area contributed by atoms with Crippen LogP contribution in [-0.2, 0) is 0 Å². The van der Waals surface area contributed by atoms with Gasteiger partial charge in [-0.15, -0.1) is 17.0 Å². The molecule has 0 spiro atoms. The van der Waals surface area contributed by atoms with Crippen molar-refractivity contribution < 1.29 is 0 Å². The van der Waals surface area contributed by atoms with Crippen LogP contribution in [0.25, 0.3) is 0 Å². The Morgan fingerprint density at radius 2 is 0.933 bits per heavy atom. The molecule has 0 atom stereocenters. The molecule has 0 heterocycles. The van der Waals surface area contributed by atoms with Crippen LogP contribution in [0.4, 0.5) is 0 Å². The third-order valence-corrected chi connectivity index (χ3v) is 2.07. The summed E-state index contributed by atoms with van der Waals surface area (Å²) in [6, 6.07) is 0. The molecule has 0 aliphatic carbocycles. The molecular weight excluding hydrogens is 256 g/mol. The van der Waals surface area contributed by atoms with Crippen LogP contribution in [0.1, 0.15) is 25.7 Å². The summed E-state index contributed by atoms with van der Waals surface area (Å²) < 4.78 is 0. The van der Waals surface area contributed by atoms with Gasteiger partial charge in [-0.1, -0.05) is 0 Å². The zero-order valence-corrected chi connectivity index (χ0v) is 11.3. The van der Waals surface area contributed by atoms with E-state index in [1.54, 1.807) is 0 Å². The molecule has 0 aromatic heterocycles. The van der Waals surface area contributed by atoms with E-state index < -0.39 is 0 Å². The molecule has 0 amide bonds. The van der Waals surface area contributed by atoms with Gasteiger partial charge >= 0.3 is 0 Å². The lowest BCUT2D eigenvalue weighted by atomic mass is 10.3. The van der Waals surface area contributed by atoms with Crippen LogP contribution < -0.4 is 22.1 Å². The zero-order valence-electron chi connectivity index (χ0n) is 9.63. The summed E-state index contributed by atoms with van der Waals surface area (Å²) in [4.78, 5) is 0. The van der Waals surface area contributed by atoms with Gasteiger partial charge in [0.1, 0.15) is 0 Å². The van der Waals surface area contributed by atoms with E-state index >= 15 is 0 Å². The minimum atomic E-state index is 0. The fourth-order valence-corrected chi connectivity index (χ4v) is 1.20. The second-order valence-corrected chi connectivity index (χ2v) is 3.49. The van der Waals surface area contributed by atoms with Crippen LogP contribution in [-0.4, -0.2) is 39.3 Å². The molecule has 0 rings (SSSR count). The first-order chi connectivity index (χ1) is 6.91. The molecule has 0 aromatic carbocycles. The molecular formula is C10H27BrN4. The molecule has 0 unspecified atom stereocenters. The molecule has 15 heavy (non-hydrogen) atoms. The van der Waals surface area contributed by atoms with Crippen molar-refractivity contribution in [1.82, 2.24) is 10.6 Å². The molecule has 0 radical (unpaired) electrons. The molecule has 94 valence electrons. The molecule has 0 saturated carbocycles. The predicted octanol–water partition coefficient (Wildman–Crippen LogP) is 0.221. The second kappa shape index (κ2) is 16.7. The smallest absolute Gasteiger partial charge is 0.00369 e. The lowest BCUT2D eigenvalue weighted by Gasteiger charge is -2.04. The van der Waals surface area contributed by atoms with E-state index in [1.165, 1.54) is 12.8 Å². The highest BCUT2D eigenvalue weighted by Crippen LogP contribution is 1.84. The molecule has 0 saturated heterocycles. The summed E-state index contributed by atoms with van der Waals surface area (Å²) >= 11 is 0. The van der Waals surface area contributed by atoms with E-state index in [1.807, 2.05) is 0 Å². The summed E-state index contributed by atoms with van der Waals surface area (Å²) in [5.74, 6) is 0. The standard InChI is InChI=1S/C10H26N4.BrH/c11-5-3-9-13-7-1-2-8-14-10-4-6-12;/h13-14H,1-12H2;1H. The van der Waals surface area contributed by atoms with Crippen LogP contribution in [0.3, 0.4) is 0 Å². The lowest BCUT2D eigenvalue weighted by molar-refractivity contribution is 0.570. The van der Waals surface area contributed by atoms with Crippen LogP contribution in [0.15, 0.2) is 0 Å². The predicted molar refractivity (Wildman–Crippen MR) is 72.6 cm³/mol. The number of nitrogens with one attached hydrogen (secondary N) is 2. The highest BCUT2D eigenvalue weighted by Gasteiger charge is 1.89. The summed E-state index contributed by atoms with van der Waals surface area (Å²) in [7, 11) is 0. The minimum Gasteiger partial charge on any atom is -0.330 e. The van der Waals surface area contributed by atoms with Crippen molar-refractivity contribution in [2.24, 2.45) is 11.5 Å². The largest absolute Gasteiger partial charge is 0.330 e. The average molecular weight is 283 g/mol. The van der Waals surface area contributed by atoms with E-state index in [0.29, 0.717) is 0 Å². The van der Waals surface area contributed by atoms with Crippen LogP contribution in [0.2, 0.25) is 0 Å². The van der Waals surface area contributed by atoms with E-state index in [0.717, 1.165) is 52.1 Å². The van der Waals surface area contributed by atoms with Crippen molar-refractivity contribution >= 4 is 17.0 Å². The number of halogens is 1. The minimum absolute atomic E-state index is 0. The van der Waals surface area contributed by atoms with Gasteiger partial charge < -0.3 is 22.1 Å². The first kappa shape index (κ1) is 17.7. The fraction of sp³-hybridized carbons (Fsp3) is 1.00. The van der Waals surface area contributed by atoms with Crippen molar-refractivity contribution in [3.05, 3.63) is 0 Å². The molecule has 5 heteroatoms. The van der Waals surface area contributed by atoms with Crippen LogP contribution in [0, 0.1) is 0 Å². The van der Waals surface area contributed by atoms with Crippen molar-refractivity contribution in [1.29, 1.82) is 0 Å². The van der Waals surface area contributed by atoms with Crippen molar-refractivity contribution in [2.75, 3.05) is 39.3 Å². The Bertz CT molecular complexity index is 91.4. The Kier molecular flexibility index (Phi) is 19.8. The number of rotatable bonds is 11. The Morgan fingerprint density at radius 3 is 1.27 bits per heavy atom. The summed E-state index contributed by atoms with van der Waals surface area (Å²) in [5.41, 5.74) is 10.8. The third kappa shape index (κ3) is 17.0. The summed E-state index contributed by atoms with van der Waals surface area (Å²) in [6.07, 6.45) is 4.63. The van der Waals surface area contributed by atoms with E-state index in [2.05, 4.69) is 10.6 Å². The number of hydrogen-bond donors (Lipinski definition) is 4. The van der Waals surface area contributed by atoms with Gasteiger partial charge in [-0.05, 0) is 65.0 Å². The normalized spacial score (nSPS) is 10.0. The van der Waals surface area contributed by atoms with Gasteiger partial charge in [0, 0.05) is 0 Å². The van der Waals surface area contributed by atoms with Crippen molar-refractivity contribution in [3.63, 3.8) is 0 Å².